The van der Waals surface area contributed by atoms with Gasteiger partial charge >= 0.3 is 0 Å². The van der Waals surface area contributed by atoms with Crippen LogP contribution >= 0.6 is 23.1 Å². The molecule has 3 heterocycles. The summed E-state index contributed by atoms with van der Waals surface area (Å²) in [5, 5.41) is 1.00. The fourth-order valence-electron chi connectivity index (χ4n) is 3.02. The molecule has 1 aliphatic rings. The Morgan fingerprint density at radius 2 is 2.08 bits per heavy atom. The van der Waals surface area contributed by atoms with Crippen LogP contribution in [0.4, 0.5) is 5.69 Å². The number of anilines is 1. The number of pyridine rings is 1. The summed E-state index contributed by atoms with van der Waals surface area (Å²) in [4.78, 5) is 20.7. The second-order valence-electron chi connectivity index (χ2n) is 6.16. The van der Waals surface area contributed by atoms with Gasteiger partial charge < -0.3 is 4.90 Å². The first-order chi connectivity index (χ1) is 12.6. The summed E-state index contributed by atoms with van der Waals surface area (Å²) < 4.78 is 3.54. The third kappa shape index (κ3) is 2.89. The molecule has 0 unspecified atom stereocenters. The zero-order valence-electron chi connectivity index (χ0n) is 14.9. The van der Waals surface area contributed by atoms with Gasteiger partial charge in [-0.2, -0.15) is 0 Å². The Bertz CT molecular complexity index is 1150. The largest absolute Gasteiger partial charge is 0.337 e. The maximum absolute atomic E-state index is 13.0. The highest BCUT2D eigenvalue weighted by atomic mass is 32.2. The lowest BCUT2D eigenvalue weighted by Gasteiger charge is -2.12. The minimum Gasteiger partial charge on any atom is -0.337 e. The highest BCUT2D eigenvalue weighted by Crippen LogP contribution is 2.45. The van der Waals surface area contributed by atoms with Crippen molar-refractivity contribution in [3.63, 3.8) is 0 Å². The van der Waals surface area contributed by atoms with E-state index in [2.05, 4.69) is 35.0 Å². The molecule has 132 valence electrons. The van der Waals surface area contributed by atoms with E-state index in [-0.39, 0.29) is 5.56 Å². The number of hydrogen-bond acceptors (Lipinski definition) is 5. The monoisotopic (exact) mass is 381 g/mol. The zero-order valence-corrected chi connectivity index (χ0v) is 16.5. The van der Waals surface area contributed by atoms with Crippen LogP contribution in [-0.4, -0.2) is 16.6 Å². The van der Waals surface area contributed by atoms with E-state index in [1.54, 1.807) is 18.0 Å². The molecule has 0 fully saturated rings. The van der Waals surface area contributed by atoms with Crippen molar-refractivity contribution in [3.05, 3.63) is 73.4 Å². The van der Waals surface area contributed by atoms with Crippen LogP contribution in [0.1, 0.15) is 18.2 Å². The second kappa shape index (κ2) is 6.78. The van der Waals surface area contributed by atoms with Gasteiger partial charge in [-0.15, -0.1) is 11.3 Å². The Morgan fingerprint density at radius 1 is 1.23 bits per heavy atom. The van der Waals surface area contributed by atoms with Gasteiger partial charge in [-0.1, -0.05) is 23.9 Å². The predicted molar refractivity (Wildman–Crippen MR) is 110 cm³/mol. The fourth-order valence-corrected chi connectivity index (χ4v) is 5.58. The van der Waals surface area contributed by atoms with Crippen molar-refractivity contribution >= 4 is 39.9 Å². The van der Waals surface area contributed by atoms with Gasteiger partial charge in [-0.05, 0) is 49.8 Å². The van der Waals surface area contributed by atoms with Crippen molar-refractivity contribution in [2.75, 3.05) is 11.9 Å². The van der Waals surface area contributed by atoms with Crippen molar-refractivity contribution in [1.82, 2.24) is 9.55 Å². The van der Waals surface area contributed by atoms with Crippen LogP contribution in [-0.2, 0) is 6.54 Å². The summed E-state index contributed by atoms with van der Waals surface area (Å²) in [5.74, 6) is 0. The summed E-state index contributed by atoms with van der Waals surface area (Å²) in [6.07, 6.45) is 3.75. The van der Waals surface area contributed by atoms with Gasteiger partial charge in [0, 0.05) is 24.7 Å². The normalized spacial score (nSPS) is 16.3. The van der Waals surface area contributed by atoms with Crippen molar-refractivity contribution in [1.29, 1.82) is 0 Å². The summed E-state index contributed by atoms with van der Waals surface area (Å²) in [5.41, 5.74) is 3.31. The van der Waals surface area contributed by atoms with E-state index in [0.29, 0.717) is 6.54 Å². The molecule has 3 aromatic rings. The molecule has 4 nitrogen and oxygen atoms in total. The number of aryl methyl sites for hydroxylation is 1. The van der Waals surface area contributed by atoms with Crippen LogP contribution in [0.25, 0.3) is 11.1 Å². The highest BCUT2D eigenvalue weighted by Gasteiger charge is 2.24. The van der Waals surface area contributed by atoms with E-state index in [9.17, 15) is 4.79 Å². The van der Waals surface area contributed by atoms with Crippen LogP contribution in [0.2, 0.25) is 0 Å². The number of hydrogen-bond donors (Lipinski definition) is 0. The standard InChI is InChI=1S/C20H19N3OS2/c1-4-23-17(12-14-7-5-6-10-21-14)26-18(19(23)24)20-22(3)15-9-8-13(2)11-16(15)25-20/h5-12H,4H2,1-3H3/b17-12?,20-18+. The Balaban J connectivity index is 1.93. The topological polar surface area (TPSA) is 38.1 Å². The van der Waals surface area contributed by atoms with E-state index in [0.717, 1.165) is 25.6 Å². The van der Waals surface area contributed by atoms with E-state index >= 15 is 0 Å². The van der Waals surface area contributed by atoms with Gasteiger partial charge in [0.25, 0.3) is 5.56 Å². The first-order valence-electron chi connectivity index (χ1n) is 8.47. The Kier molecular flexibility index (Phi) is 4.46. The van der Waals surface area contributed by atoms with E-state index < -0.39 is 0 Å². The summed E-state index contributed by atoms with van der Waals surface area (Å²) >= 11 is 3.21. The number of rotatable bonds is 2. The predicted octanol–water partition coefficient (Wildman–Crippen LogP) is 2.77. The number of fused-ring (bicyclic) bond motifs is 1. The lowest BCUT2D eigenvalue weighted by molar-refractivity contribution is 0.722. The lowest BCUT2D eigenvalue weighted by atomic mass is 10.2. The van der Waals surface area contributed by atoms with Crippen LogP contribution in [0.15, 0.2) is 52.3 Å². The Labute approximate surface area is 160 Å². The average Bonchev–Trinajstić information content (AvgIpc) is 3.12. The third-order valence-corrected chi connectivity index (χ3v) is 6.84. The molecular weight excluding hydrogens is 362 g/mol. The highest BCUT2D eigenvalue weighted by molar-refractivity contribution is 8.08. The number of benzene rings is 1. The first-order valence-corrected chi connectivity index (χ1v) is 10.1. The molecule has 0 saturated carbocycles. The molecule has 0 N–H and O–H groups in total. The van der Waals surface area contributed by atoms with Gasteiger partial charge in [0.15, 0.2) is 0 Å². The quantitative estimate of drug-likeness (QED) is 0.684. The molecule has 0 saturated heterocycles. The molecule has 0 bridgehead atoms. The van der Waals surface area contributed by atoms with E-state index in [4.69, 9.17) is 0 Å². The van der Waals surface area contributed by atoms with Crippen molar-refractivity contribution in [2.24, 2.45) is 0 Å². The van der Waals surface area contributed by atoms with Crippen molar-refractivity contribution < 1.29 is 0 Å². The number of thioether (sulfide) groups is 1. The number of nitrogens with zero attached hydrogens (tertiary/aromatic N) is 3. The SMILES string of the molecule is CCn1c(=Cc2ccccn2)s/c(=C2/Sc3cc(C)ccc3N2C)c1=O. The molecular formula is C20H19N3OS2. The van der Waals surface area contributed by atoms with E-state index in [1.165, 1.54) is 21.8 Å². The van der Waals surface area contributed by atoms with Crippen LogP contribution in [0.5, 0.6) is 0 Å². The average molecular weight is 382 g/mol. The molecule has 1 aliphatic heterocycles. The van der Waals surface area contributed by atoms with Gasteiger partial charge in [-0.3, -0.25) is 14.3 Å². The molecule has 0 atom stereocenters. The minimum atomic E-state index is 0.0681. The maximum Gasteiger partial charge on any atom is 0.271 e. The number of thiazole rings is 1. The zero-order chi connectivity index (χ0) is 18.3. The smallest absolute Gasteiger partial charge is 0.271 e. The van der Waals surface area contributed by atoms with E-state index in [1.807, 2.05) is 42.8 Å². The molecule has 0 aliphatic carbocycles. The van der Waals surface area contributed by atoms with Crippen LogP contribution < -0.4 is 19.7 Å². The van der Waals surface area contributed by atoms with Gasteiger partial charge in [0.2, 0.25) is 0 Å². The molecule has 0 radical (unpaired) electrons. The molecule has 1 aromatic carbocycles. The number of aromatic nitrogens is 2. The molecule has 4 rings (SSSR count). The van der Waals surface area contributed by atoms with Crippen LogP contribution in [0, 0.1) is 6.92 Å². The Hall–Kier alpha value is -2.31. The van der Waals surface area contributed by atoms with Crippen molar-refractivity contribution in [3.8, 4) is 0 Å². The summed E-state index contributed by atoms with van der Waals surface area (Å²) in [6, 6.07) is 12.2. The first kappa shape index (κ1) is 17.1. The van der Waals surface area contributed by atoms with Gasteiger partial charge in [-0.25, -0.2) is 0 Å². The maximum atomic E-state index is 13.0. The second-order valence-corrected chi connectivity index (χ2v) is 8.22. The molecule has 0 amide bonds. The summed E-state index contributed by atoms with van der Waals surface area (Å²) in [6.45, 7) is 4.73. The summed E-state index contributed by atoms with van der Waals surface area (Å²) in [7, 11) is 2.03. The van der Waals surface area contributed by atoms with Gasteiger partial charge in [0.1, 0.15) is 14.2 Å². The Morgan fingerprint density at radius 3 is 2.81 bits per heavy atom. The molecule has 0 spiro atoms. The minimum absolute atomic E-state index is 0.0681. The van der Waals surface area contributed by atoms with Gasteiger partial charge in [0.05, 0.1) is 11.4 Å². The van der Waals surface area contributed by atoms with Crippen molar-refractivity contribution in [2.45, 2.75) is 25.3 Å². The lowest BCUT2D eigenvalue weighted by Crippen LogP contribution is -2.33. The fraction of sp³-hybridized carbons (Fsp3) is 0.200. The van der Waals surface area contributed by atoms with Crippen LogP contribution in [0.3, 0.4) is 0 Å². The third-order valence-electron chi connectivity index (χ3n) is 4.37. The molecule has 26 heavy (non-hydrogen) atoms. The molecule has 2 aromatic heterocycles. The molecule has 6 heteroatoms.